The predicted molar refractivity (Wildman–Crippen MR) is 75.6 cm³/mol. The molecule has 0 aliphatic heterocycles. The minimum atomic E-state index is -0.879. The van der Waals surface area contributed by atoms with E-state index < -0.39 is 23.3 Å². The number of nitrogens with one attached hydrogen (secondary N) is 2. The van der Waals surface area contributed by atoms with E-state index in [0.717, 1.165) is 0 Å². The zero-order valence-corrected chi connectivity index (χ0v) is 12.2. The average molecular weight is 293 g/mol. The van der Waals surface area contributed by atoms with Gasteiger partial charge in [0, 0.05) is 11.5 Å². The van der Waals surface area contributed by atoms with E-state index in [0.29, 0.717) is 5.75 Å². The van der Waals surface area contributed by atoms with Crippen molar-refractivity contribution in [2.45, 2.75) is 19.9 Å². The summed E-state index contributed by atoms with van der Waals surface area (Å²) in [4.78, 5) is 34.4. The molecule has 0 aromatic rings. The van der Waals surface area contributed by atoms with Crippen molar-refractivity contribution in [1.82, 2.24) is 10.6 Å². The molecule has 8 heteroatoms. The Morgan fingerprint density at radius 3 is 2.22 bits per heavy atom. The molecule has 0 rings (SSSR count). The summed E-state index contributed by atoms with van der Waals surface area (Å²) in [6.07, 6.45) is 0. The van der Waals surface area contributed by atoms with Gasteiger partial charge < -0.3 is 11.1 Å². The second-order valence-corrected chi connectivity index (χ2v) is 5.05. The summed E-state index contributed by atoms with van der Waals surface area (Å²) in [7, 11) is 0. The van der Waals surface area contributed by atoms with Gasteiger partial charge in [0.15, 0.2) is 0 Å². The standard InChI is InChI=1S/C10H19N3O3S2/c1-10(2,5-18)9(16)12-6(4-17)8(15)13-7(14)3-11/h6,17-18H,3-5,11H2,1-2H3,(H,12,16)(H,13,14,15)/t6-/m1/s1. The molecule has 0 aromatic heterocycles. The molecule has 18 heavy (non-hydrogen) atoms. The Labute approximate surface area is 117 Å². The van der Waals surface area contributed by atoms with Gasteiger partial charge in [0.1, 0.15) is 6.04 Å². The Morgan fingerprint density at radius 2 is 1.83 bits per heavy atom. The van der Waals surface area contributed by atoms with Gasteiger partial charge in [0.05, 0.1) is 12.0 Å². The van der Waals surface area contributed by atoms with Crippen LogP contribution in [0.2, 0.25) is 0 Å². The fraction of sp³-hybridized carbons (Fsp3) is 0.700. The molecule has 0 radical (unpaired) electrons. The Kier molecular flexibility index (Phi) is 7.34. The lowest BCUT2D eigenvalue weighted by Crippen LogP contribution is -2.53. The van der Waals surface area contributed by atoms with E-state index in [1.807, 2.05) is 0 Å². The smallest absolute Gasteiger partial charge is 0.250 e. The minimum Gasteiger partial charge on any atom is -0.343 e. The van der Waals surface area contributed by atoms with Crippen molar-refractivity contribution in [2.24, 2.45) is 11.1 Å². The molecule has 0 saturated carbocycles. The first-order valence-corrected chi connectivity index (χ1v) is 6.61. The number of hydrogen-bond acceptors (Lipinski definition) is 6. The van der Waals surface area contributed by atoms with Crippen molar-refractivity contribution in [1.29, 1.82) is 0 Å². The van der Waals surface area contributed by atoms with Crippen LogP contribution >= 0.6 is 25.3 Å². The Balaban J connectivity index is 4.57. The number of rotatable bonds is 6. The molecule has 0 saturated heterocycles. The van der Waals surface area contributed by atoms with E-state index in [-0.39, 0.29) is 18.2 Å². The molecule has 4 N–H and O–H groups in total. The first-order valence-electron chi connectivity index (χ1n) is 5.35. The van der Waals surface area contributed by atoms with Crippen molar-refractivity contribution in [3.8, 4) is 0 Å². The van der Waals surface area contributed by atoms with Crippen LogP contribution in [0.25, 0.3) is 0 Å². The van der Waals surface area contributed by atoms with Crippen LogP contribution in [0, 0.1) is 5.41 Å². The summed E-state index contributed by atoms with van der Waals surface area (Å²) in [5.74, 6) is -1.13. The molecule has 0 bridgehead atoms. The molecule has 0 heterocycles. The van der Waals surface area contributed by atoms with Gasteiger partial charge in [-0.25, -0.2) is 0 Å². The number of imide groups is 1. The van der Waals surface area contributed by atoms with Gasteiger partial charge in [-0.1, -0.05) is 13.8 Å². The van der Waals surface area contributed by atoms with E-state index in [1.54, 1.807) is 13.8 Å². The number of amides is 3. The fourth-order valence-electron chi connectivity index (χ4n) is 0.895. The normalized spacial score (nSPS) is 12.7. The zero-order chi connectivity index (χ0) is 14.3. The van der Waals surface area contributed by atoms with Crippen molar-refractivity contribution >= 4 is 43.0 Å². The van der Waals surface area contributed by atoms with Gasteiger partial charge in [-0.2, -0.15) is 25.3 Å². The summed E-state index contributed by atoms with van der Waals surface area (Å²) in [6.45, 7) is 3.11. The largest absolute Gasteiger partial charge is 0.343 e. The molecule has 0 fully saturated rings. The molecule has 104 valence electrons. The second-order valence-electron chi connectivity index (χ2n) is 4.37. The summed E-state index contributed by atoms with van der Waals surface area (Å²) in [5, 5.41) is 4.59. The topological polar surface area (TPSA) is 101 Å². The van der Waals surface area contributed by atoms with Crippen molar-refractivity contribution in [3.05, 3.63) is 0 Å². The molecule has 0 aliphatic carbocycles. The van der Waals surface area contributed by atoms with Crippen LogP contribution < -0.4 is 16.4 Å². The van der Waals surface area contributed by atoms with Crippen molar-refractivity contribution < 1.29 is 14.4 Å². The summed E-state index contributed by atoms with van der Waals surface area (Å²) < 4.78 is 0. The van der Waals surface area contributed by atoms with E-state index in [4.69, 9.17) is 5.73 Å². The van der Waals surface area contributed by atoms with Crippen LogP contribution in [0.1, 0.15) is 13.8 Å². The van der Waals surface area contributed by atoms with E-state index in [2.05, 4.69) is 35.9 Å². The van der Waals surface area contributed by atoms with Gasteiger partial charge in [0.2, 0.25) is 17.7 Å². The van der Waals surface area contributed by atoms with Crippen LogP contribution in [-0.2, 0) is 14.4 Å². The highest BCUT2D eigenvalue weighted by molar-refractivity contribution is 7.80. The maximum atomic E-state index is 11.8. The Hall–Kier alpha value is -0.730. The number of hydrogen-bond donors (Lipinski definition) is 5. The predicted octanol–water partition coefficient (Wildman–Crippen LogP) is -1.04. The molecule has 0 aliphatic rings. The van der Waals surface area contributed by atoms with Gasteiger partial charge in [-0.05, 0) is 0 Å². The van der Waals surface area contributed by atoms with Crippen molar-refractivity contribution in [3.63, 3.8) is 0 Å². The molecule has 1 atom stereocenters. The van der Waals surface area contributed by atoms with E-state index >= 15 is 0 Å². The van der Waals surface area contributed by atoms with Gasteiger partial charge in [0.25, 0.3) is 0 Å². The maximum absolute atomic E-state index is 11.8. The number of nitrogens with two attached hydrogens (primary N) is 1. The van der Waals surface area contributed by atoms with Gasteiger partial charge in [-0.3, -0.25) is 19.7 Å². The third kappa shape index (κ3) is 5.28. The molecule has 0 unspecified atom stereocenters. The lowest BCUT2D eigenvalue weighted by molar-refractivity contribution is -0.135. The van der Waals surface area contributed by atoms with Crippen LogP contribution in [-0.4, -0.2) is 41.8 Å². The molecule has 6 nitrogen and oxygen atoms in total. The van der Waals surface area contributed by atoms with Crippen LogP contribution in [0.15, 0.2) is 0 Å². The fourth-order valence-corrected chi connectivity index (χ4v) is 1.30. The summed E-state index contributed by atoms with van der Waals surface area (Å²) in [6, 6.07) is -0.879. The number of carbonyl (C=O) groups excluding carboxylic acids is 3. The molecule has 3 amide bonds. The quantitative estimate of drug-likeness (QED) is 0.404. The highest BCUT2D eigenvalue weighted by Gasteiger charge is 2.30. The van der Waals surface area contributed by atoms with E-state index in [1.165, 1.54) is 0 Å². The second kappa shape index (κ2) is 7.65. The molecule has 0 spiro atoms. The van der Waals surface area contributed by atoms with Crippen molar-refractivity contribution in [2.75, 3.05) is 18.1 Å². The average Bonchev–Trinajstić information content (AvgIpc) is 2.34. The highest BCUT2D eigenvalue weighted by atomic mass is 32.1. The maximum Gasteiger partial charge on any atom is 0.250 e. The highest BCUT2D eigenvalue weighted by Crippen LogP contribution is 2.16. The Bertz CT molecular complexity index is 334. The number of thiol groups is 2. The minimum absolute atomic E-state index is 0.0814. The molecule has 0 aromatic carbocycles. The SMILES string of the molecule is CC(C)(CS)C(=O)N[C@H](CS)C(=O)NC(=O)CN. The van der Waals surface area contributed by atoms with Crippen LogP contribution in [0.4, 0.5) is 0 Å². The Morgan fingerprint density at radius 1 is 1.28 bits per heavy atom. The third-order valence-electron chi connectivity index (χ3n) is 2.26. The lowest BCUT2D eigenvalue weighted by Gasteiger charge is -2.24. The number of carbonyl (C=O) groups is 3. The van der Waals surface area contributed by atoms with E-state index in [9.17, 15) is 14.4 Å². The zero-order valence-electron chi connectivity index (χ0n) is 10.4. The van der Waals surface area contributed by atoms with Gasteiger partial charge >= 0.3 is 0 Å². The first-order chi connectivity index (χ1) is 8.28. The summed E-state index contributed by atoms with van der Waals surface area (Å²) >= 11 is 8.03. The lowest BCUT2D eigenvalue weighted by atomic mass is 9.95. The molecular weight excluding hydrogens is 274 g/mol. The first kappa shape index (κ1) is 17.3. The molecular formula is C10H19N3O3S2. The monoisotopic (exact) mass is 293 g/mol. The summed E-state index contributed by atoms with van der Waals surface area (Å²) in [5.41, 5.74) is 4.37. The third-order valence-corrected chi connectivity index (χ3v) is 3.42. The van der Waals surface area contributed by atoms with Gasteiger partial charge in [-0.15, -0.1) is 0 Å². The van der Waals surface area contributed by atoms with Crippen LogP contribution in [0.5, 0.6) is 0 Å². The van der Waals surface area contributed by atoms with Crippen LogP contribution in [0.3, 0.4) is 0 Å².